The van der Waals surface area contributed by atoms with E-state index >= 15 is 0 Å². The molecule has 86 valence electrons. The Hall–Kier alpha value is -1.22. The maximum Gasteiger partial charge on any atom is 0.255 e. The first-order valence-corrected chi connectivity index (χ1v) is 5.91. The van der Waals surface area contributed by atoms with E-state index in [9.17, 15) is 4.79 Å². The predicted octanol–water partition coefficient (Wildman–Crippen LogP) is 2.55. The van der Waals surface area contributed by atoms with Crippen LogP contribution in [0.2, 0.25) is 5.02 Å². The Bertz CT molecular complexity index is 400. The highest BCUT2D eigenvalue weighted by Gasteiger charge is 2.20. The number of piperidine rings is 1. The van der Waals surface area contributed by atoms with E-state index in [0.717, 1.165) is 25.9 Å². The smallest absolute Gasteiger partial charge is 0.255 e. The summed E-state index contributed by atoms with van der Waals surface area (Å²) in [5.74, 6) is -0.000278. The number of anilines is 1. The van der Waals surface area contributed by atoms with Crippen LogP contribution in [-0.2, 0) is 0 Å². The van der Waals surface area contributed by atoms with E-state index < -0.39 is 0 Å². The summed E-state index contributed by atoms with van der Waals surface area (Å²) in [4.78, 5) is 14.0. The molecule has 0 bridgehead atoms. The first-order valence-electron chi connectivity index (χ1n) is 5.53. The number of nitrogens with zero attached hydrogens (tertiary/aromatic N) is 1. The molecule has 2 N–H and O–H groups in total. The summed E-state index contributed by atoms with van der Waals surface area (Å²) in [5, 5.41) is 0.447. The van der Waals surface area contributed by atoms with E-state index in [4.69, 9.17) is 17.3 Å². The number of benzene rings is 1. The third-order valence-electron chi connectivity index (χ3n) is 2.93. The molecule has 1 aliphatic rings. The lowest BCUT2D eigenvalue weighted by atomic mass is 10.1. The normalized spacial score (nSPS) is 16.2. The third kappa shape index (κ3) is 2.14. The molecule has 1 aliphatic heterocycles. The fourth-order valence-electron chi connectivity index (χ4n) is 1.99. The Morgan fingerprint density at radius 1 is 1.25 bits per heavy atom. The van der Waals surface area contributed by atoms with Gasteiger partial charge in [-0.3, -0.25) is 4.79 Å². The van der Waals surface area contributed by atoms with Crippen LogP contribution in [0.4, 0.5) is 5.69 Å². The van der Waals surface area contributed by atoms with Crippen molar-refractivity contribution in [2.45, 2.75) is 19.3 Å². The van der Waals surface area contributed by atoms with Gasteiger partial charge < -0.3 is 10.6 Å². The van der Waals surface area contributed by atoms with Gasteiger partial charge in [-0.05, 0) is 31.4 Å². The van der Waals surface area contributed by atoms with Gasteiger partial charge in [0.25, 0.3) is 5.91 Å². The van der Waals surface area contributed by atoms with E-state index in [2.05, 4.69) is 0 Å². The van der Waals surface area contributed by atoms with Crippen LogP contribution in [0.15, 0.2) is 18.2 Å². The first-order chi connectivity index (χ1) is 7.70. The Labute approximate surface area is 100 Å². The van der Waals surface area contributed by atoms with Gasteiger partial charge in [-0.2, -0.15) is 0 Å². The molecule has 1 fully saturated rings. The average molecular weight is 239 g/mol. The Morgan fingerprint density at radius 2 is 1.94 bits per heavy atom. The Kier molecular flexibility index (Phi) is 3.34. The third-order valence-corrected chi connectivity index (χ3v) is 3.26. The van der Waals surface area contributed by atoms with Gasteiger partial charge in [0.05, 0.1) is 16.3 Å². The second kappa shape index (κ2) is 4.74. The van der Waals surface area contributed by atoms with Crippen LogP contribution >= 0.6 is 11.6 Å². The number of likely N-dealkylation sites (tertiary alicyclic amines) is 1. The molecule has 1 aromatic carbocycles. The fraction of sp³-hybridized carbons (Fsp3) is 0.417. The lowest BCUT2D eigenvalue weighted by Gasteiger charge is -2.27. The van der Waals surface area contributed by atoms with E-state index in [1.807, 2.05) is 4.90 Å². The lowest BCUT2D eigenvalue weighted by Crippen LogP contribution is -2.35. The highest BCUT2D eigenvalue weighted by molar-refractivity contribution is 6.33. The molecule has 0 unspecified atom stereocenters. The number of amides is 1. The molecule has 0 radical (unpaired) electrons. The van der Waals surface area contributed by atoms with Gasteiger partial charge in [-0.25, -0.2) is 0 Å². The Morgan fingerprint density at radius 3 is 2.62 bits per heavy atom. The molecule has 1 aromatic rings. The van der Waals surface area contributed by atoms with Crippen molar-refractivity contribution >= 4 is 23.2 Å². The number of carbonyl (C=O) groups is 1. The highest BCUT2D eigenvalue weighted by atomic mass is 35.5. The lowest BCUT2D eigenvalue weighted by molar-refractivity contribution is 0.0725. The van der Waals surface area contributed by atoms with Gasteiger partial charge in [0.1, 0.15) is 0 Å². The number of nitrogens with two attached hydrogens (primary N) is 1. The molecule has 1 saturated heterocycles. The molecule has 0 saturated carbocycles. The van der Waals surface area contributed by atoms with E-state index in [1.54, 1.807) is 18.2 Å². The zero-order valence-electron chi connectivity index (χ0n) is 9.08. The Balaban J connectivity index is 2.22. The molecule has 0 aromatic heterocycles. The molecule has 0 atom stereocenters. The van der Waals surface area contributed by atoms with Crippen molar-refractivity contribution in [2.24, 2.45) is 0 Å². The van der Waals surface area contributed by atoms with E-state index in [1.165, 1.54) is 6.42 Å². The van der Waals surface area contributed by atoms with Crippen LogP contribution < -0.4 is 5.73 Å². The van der Waals surface area contributed by atoms with E-state index in [0.29, 0.717) is 16.3 Å². The maximum absolute atomic E-state index is 12.2. The van der Waals surface area contributed by atoms with Gasteiger partial charge in [-0.15, -0.1) is 0 Å². The fourth-order valence-corrected chi connectivity index (χ4v) is 2.17. The number of halogens is 1. The number of hydrogen-bond acceptors (Lipinski definition) is 2. The molecule has 0 spiro atoms. The number of rotatable bonds is 1. The first kappa shape index (κ1) is 11.3. The second-order valence-electron chi connectivity index (χ2n) is 4.05. The van der Waals surface area contributed by atoms with Gasteiger partial charge in [0, 0.05) is 13.1 Å². The number of hydrogen-bond donors (Lipinski definition) is 1. The molecule has 1 amide bonds. The van der Waals surface area contributed by atoms with E-state index in [-0.39, 0.29) is 5.91 Å². The van der Waals surface area contributed by atoms with Crippen LogP contribution in [0, 0.1) is 0 Å². The SMILES string of the molecule is Nc1c(Cl)cccc1C(=O)N1CCCCC1. The van der Waals surface area contributed by atoms with Crippen LogP contribution in [0.3, 0.4) is 0 Å². The standard InChI is InChI=1S/C12H15ClN2O/c13-10-6-4-5-9(11(10)14)12(16)15-7-2-1-3-8-15/h4-6H,1-3,7-8,14H2. The summed E-state index contributed by atoms with van der Waals surface area (Å²) >= 11 is 5.90. The van der Waals surface area contributed by atoms with Gasteiger partial charge in [0.2, 0.25) is 0 Å². The summed E-state index contributed by atoms with van der Waals surface area (Å²) in [5.41, 5.74) is 6.72. The topological polar surface area (TPSA) is 46.3 Å². The highest BCUT2D eigenvalue weighted by Crippen LogP contribution is 2.24. The van der Waals surface area contributed by atoms with Crippen LogP contribution in [0.25, 0.3) is 0 Å². The summed E-state index contributed by atoms with van der Waals surface area (Å²) < 4.78 is 0. The molecule has 4 heteroatoms. The largest absolute Gasteiger partial charge is 0.397 e. The minimum atomic E-state index is -0.000278. The zero-order valence-corrected chi connectivity index (χ0v) is 9.83. The quantitative estimate of drug-likeness (QED) is 0.765. The van der Waals surface area contributed by atoms with Crippen molar-refractivity contribution in [1.82, 2.24) is 4.90 Å². The van der Waals surface area contributed by atoms with Crippen molar-refractivity contribution in [3.8, 4) is 0 Å². The summed E-state index contributed by atoms with van der Waals surface area (Å²) in [6.07, 6.45) is 3.35. The van der Waals surface area contributed by atoms with Crippen molar-refractivity contribution < 1.29 is 4.79 Å². The molecule has 16 heavy (non-hydrogen) atoms. The number of carbonyl (C=O) groups excluding carboxylic acids is 1. The van der Waals surface area contributed by atoms with Gasteiger partial charge >= 0.3 is 0 Å². The molecule has 0 aliphatic carbocycles. The minimum Gasteiger partial charge on any atom is -0.397 e. The van der Waals surface area contributed by atoms with Crippen molar-refractivity contribution in [1.29, 1.82) is 0 Å². The maximum atomic E-state index is 12.2. The monoisotopic (exact) mass is 238 g/mol. The summed E-state index contributed by atoms with van der Waals surface area (Å²) in [6.45, 7) is 1.65. The molecule has 3 nitrogen and oxygen atoms in total. The van der Waals surface area contributed by atoms with Crippen molar-refractivity contribution in [3.05, 3.63) is 28.8 Å². The minimum absolute atomic E-state index is 0.000278. The second-order valence-corrected chi connectivity index (χ2v) is 4.46. The van der Waals surface area contributed by atoms with Gasteiger partial charge in [0.15, 0.2) is 0 Å². The molecular weight excluding hydrogens is 224 g/mol. The molecule has 2 rings (SSSR count). The van der Waals surface area contributed by atoms with Crippen molar-refractivity contribution in [2.75, 3.05) is 18.8 Å². The zero-order chi connectivity index (χ0) is 11.5. The van der Waals surface area contributed by atoms with Crippen LogP contribution in [0.5, 0.6) is 0 Å². The van der Waals surface area contributed by atoms with Crippen LogP contribution in [0.1, 0.15) is 29.6 Å². The van der Waals surface area contributed by atoms with Crippen molar-refractivity contribution in [3.63, 3.8) is 0 Å². The molecular formula is C12H15ClN2O. The predicted molar refractivity (Wildman–Crippen MR) is 65.6 cm³/mol. The number of para-hydroxylation sites is 1. The molecule has 1 heterocycles. The summed E-state index contributed by atoms with van der Waals surface area (Å²) in [7, 11) is 0. The summed E-state index contributed by atoms with van der Waals surface area (Å²) in [6, 6.07) is 5.19. The number of nitrogen functional groups attached to an aromatic ring is 1. The average Bonchev–Trinajstić information content (AvgIpc) is 2.33. The van der Waals surface area contributed by atoms with Crippen LogP contribution in [-0.4, -0.2) is 23.9 Å². The van der Waals surface area contributed by atoms with Gasteiger partial charge in [-0.1, -0.05) is 17.7 Å².